The van der Waals surface area contributed by atoms with Crippen LogP contribution in [0.25, 0.3) is 10.9 Å². The number of nitrogens with one attached hydrogen (secondary N) is 1. The highest BCUT2D eigenvalue weighted by atomic mass is 32.2. The number of carbonyl (C=O) groups excluding carboxylic acids is 1. The van der Waals surface area contributed by atoms with E-state index in [-0.39, 0.29) is 22.5 Å². The molecule has 1 aliphatic rings. The van der Waals surface area contributed by atoms with Crippen molar-refractivity contribution in [3.05, 3.63) is 60.8 Å². The summed E-state index contributed by atoms with van der Waals surface area (Å²) in [4.78, 5) is 16.2. The summed E-state index contributed by atoms with van der Waals surface area (Å²) in [6.45, 7) is 0. The van der Waals surface area contributed by atoms with Crippen LogP contribution in [0.15, 0.2) is 65.7 Å². The van der Waals surface area contributed by atoms with Crippen molar-refractivity contribution >= 4 is 32.6 Å². The normalized spacial score (nSPS) is 14.2. The van der Waals surface area contributed by atoms with Crippen molar-refractivity contribution in [1.29, 1.82) is 0 Å². The van der Waals surface area contributed by atoms with E-state index in [2.05, 4.69) is 10.3 Å². The molecule has 0 bridgehead atoms. The van der Waals surface area contributed by atoms with Crippen molar-refractivity contribution in [3.63, 3.8) is 0 Å². The van der Waals surface area contributed by atoms with Crippen molar-refractivity contribution in [3.8, 4) is 5.75 Å². The zero-order chi connectivity index (χ0) is 18.1. The van der Waals surface area contributed by atoms with Gasteiger partial charge in [-0.3, -0.25) is 9.78 Å². The molecule has 1 saturated carbocycles. The summed E-state index contributed by atoms with van der Waals surface area (Å²) < 4.78 is 31.0. The van der Waals surface area contributed by atoms with Gasteiger partial charge in [0.1, 0.15) is 4.90 Å². The van der Waals surface area contributed by atoms with Gasteiger partial charge >= 0.3 is 10.1 Å². The monoisotopic (exact) mass is 368 g/mol. The SMILES string of the molecule is O=C(Nc1ccccc1OS(=O)(=O)c1cccc2ncccc12)C1CC1. The molecule has 6 nitrogen and oxygen atoms in total. The number of aromatic nitrogens is 1. The Morgan fingerprint density at radius 2 is 1.85 bits per heavy atom. The van der Waals surface area contributed by atoms with Crippen LogP contribution in [0.3, 0.4) is 0 Å². The molecule has 132 valence electrons. The predicted octanol–water partition coefficient (Wildman–Crippen LogP) is 3.35. The van der Waals surface area contributed by atoms with Crippen molar-refractivity contribution in [2.45, 2.75) is 17.7 Å². The Morgan fingerprint density at radius 3 is 2.65 bits per heavy atom. The lowest BCUT2D eigenvalue weighted by Gasteiger charge is -2.13. The molecule has 1 N–H and O–H groups in total. The van der Waals surface area contributed by atoms with Gasteiger partial charge in [-0.25, -0.2) is 0 Å². The number of hydrogen-bond donors (Lipinski definition) is 1. The smallest absolute Gasteiger partial charge is 0.339 e. The average molecular weight is 368 g/mol. The first-order valence-corrected chi connectivity index (χ1v) is 9.63. The number of pyridine rings is 1. The molecule has 4 rings (SSSR count). The van der Waals surface area contributed by atoms with Crippen molar-refractivity contribution in [2.75, 3.05) is 5.32 Å². The van der Waals surface area contributed by atoms with E-state index >= 15 is 0 Å². The molecule has 0 radical (unpaired) electrons. The molecule has 0 spiro atoms. The van der Waals surface area contributed by atoms with Crippen molar-refractivity contribution < 1.29 is 17.4 Å². The minimum atomic E-state index is -4.09. The molecule has 0 atom stereocenters. The molecular weight excluding hydrogens is 352 g/mol. The Morgan fingerprint density at radius 1 is 1.04 bits per heavy atom. The molecule has 2 aromatic carbocycles. The molecule has 1 heterocycles. The standard InChI is InChI=1S/C19H16N2O4S/c22-19(13-10-11-13)21-16-6-1-2-8-17(16)25-26(23,24)18-9-3-7-15-14(18)5-4-12-20-15/h1-9,12-13H,10-11H2,(H,21,22). The Bertz CT molecular complexity index is 1090. The topological polar surface area (TPSA) is 85.4 Å². The zero-order valence-corrected chi connectivity index (χ0v) is 14.6. The molecule has 1 aromatic heterocycles. The van der Waals surface area contributed by atoms with E-state index in [1.54, 1.807) is 48.7 Å². The molecule has 3 aromatic rings. The fourth-order valence-corrected chi connectivity index (χ4v) is 3.84. The third-order valence-electron chi connectivity index (χ3n) is 4.17. The van der Waals surface area contributed by atoms with Gasteiger partial charge in [-0.15, -0.1) is 0 Å². The second-order valence-corrected chi connectivity index (χ2v) is 7.64. The number of rotatable bonds is 5. The van der Waals surface area contributed by atoms with Crippen LogP contribution < -0.4 is 9.50 Å². The van der Waals surface area contributed by atoms with Crippen LogP contribution in [-0.4, -0.2) is 19.3 Å². The number of anilines is 1. The van der Waals surface area contributed by atoms with Crippen LogP contribution in [0.5, 0.6) is 5.75 Å². The average Bonchev–Trinajstić information content (AvgIpc) is 3.48. The first kappa shape index (κ1) is 16.5. The van der Waals surface area contributed by atoms with Gasteiger partial charge in [0.15, 0.2) is 5.75 Å². The molecule has 0 unspecified atom stereocenters. The second-order valence-electron chi connectivity index (χ2n) is 6.12. The van der Waals surface area contributed by atoms with Gasteiger partial charge in [0.05, 0.1) is 11.2 Å². The summed E-state index contributed by atoms with van der Waals surface area (Å²) in [6, 6.07) is 14.7. The molecule has 1 aliphatic carbocycles. The van der Waals surface area contributed by atoms with E-state index < -0.39 is 10.1 Å². The Kier molecular flexibility index (Phi) is 4.08. The maximum absolute atomic E-state index is 12.8. The number of fused-ring (bicyclic) bond motifs is 1. The minimum Gasteiger partial charge on any atom is -0.377 e. The number of nitrogens with zero attached hydrogens (tertiary/aromatic N) is 1. The highest BCUT2D eigenvalue weighted by Crippen LogP contribution is 2.33. The zero-order valence-electron chi connectivity index (χ0n) is 13.8. The molecule has 1 amide bonds. The van der Waals surface area contributed by atoms with Gasteiger partial charge in [0.2, 0.25) is 5.91 Å². The summed E-state index contributed by atoms with van der Waals surface area (Å²) in [7, 11) is -4.09. The summed E-state index contributed by atoms with van der Waals surface area (Å²) in [5.41, 5.74) is 0.902. The van der Waals surface area contributed by atoms with E-state index in [9.17, 15) is 13.2 Å². The molecule has 0 saturated heterocycles. The first-order valence-electron chi connectivity index (χ1n) is 8.23. The quantitative estimate of drug-likeness (QED) is 0.698. The number of benzene rings is 2. The van der Waals surface area contributed by atoms with Crippen LogP contribution in [0.4, 0.5) is 5.69 Å². The lowest BCUT2D eigenvalue weighted by molar-refractivity contribution is -0.117. The Hall–Kier alpha value is -2.93. The first-order chi connectivity index (χ1) is 12.5. The van der Waals surface area contributed by atoms with Crippen LogP contribution in [0.1, 0.15) is 12.8 Å². The van der Waals surface area contributed by atoms with Gasteiger partial charge in [-0.2, -0.15) is 8.42 Å². The van der Waals surface area contributed by atoms with E-state index in [1.165, 1.54) is 12.1 Å². The lowest BCUT2D eigenvalue weighted by atomic mass is 10.2. The number of carbonyl (C=O) groups is 1. The van der Waals surface area contributed by atoms with Crippen LogP contribution in [0, 0.1) is 5.92 Å². The number of hydrogen-bond acceptors (Lipinski definition) is 5. The Labute approximate surface area is 151 Å². The van der Waals surface area contributed by atoms with Gasteiger partial charge in [-0.1, -0.05) is 18.2 Å². The summed E-state index contributed by atoms with van der Waals surface area (Å²) in [5.74, 6) is -0.0287. The fraction of sp³-hybridized carbons (Fsp3) is 0.158. The highest BCUT2D eigenvalue weighted by Gasteiger charge is 2.30. The van der Waals surface area contributed by atoms with Crippen molar-refractivity contribution in [2.24, 2.45) is 5.92 Å². The predicted molar refractivity (Wildman–Crippen MR) is 97.4 cm³/mol. The molecule has 1 fully saturated rings. The maximum Gasteiger partial charge on any atom is 0.339 e. The van der Waals surface area contributed by atoms with Crippen LogP contribution in [0.2, 0.25) is 0 Å². The molecule has 0 aliphatic heterocycles. The van der Waals surface area contributed by atoms with E-state index in [0.717, 1.165) is 12.8 Å². The van der Waals surface area contributed by atoms with E-state index in [1.807, 2.05) is 0 Å². The minimum absolute atomic E-state index is 0.00352. The van der Waals surface area contributed by atoms with Crippen LogP contribution in [-0.2, 0) is 14.9 Å². The summed E-state index contributed by atoms with van der Waals surface area (Å²) >= 11 is 0. The maximum atomic E-state index is 12.8. The third kappa shape index (κ3) is 3.25. The highest BCUT2D eigenvalue weighted by molar-refractivity contribution is 7.87. The van der Waals surface area contributed by atoms with Crippen molar-refractivity contribution in [1.82, 2.24) is 4.98 Å². The lowest BCUT2D eigenvalue weighted by Crippen LogP contribution is -2.16. The Balaban J connectivity index is 1.69. The third-order valence-corrected chi connectivity index (χ3v) is 5.46. The van der Waals surface area contributed by atoms with Gasteiger partial charge < -0.3 is 9.50 Å². The summed E-state index contributed by atoms with van der Waals surface area (Å²) in [6.07, 6.45) is 3.31. The van der Waals surface area contributed by atoms with Gasteiger partial charge in [-0.05, 0) is 49.2 Å². The van der Waals surface area contributed by atoms with Gasteiger partial charge in [0.25, 0.3) is 0 Å². The van der Waals surface area contributed by atoms with Crippen LogP contribution >= 0.6 is 0 Å². The van der Waals surface area contributed by atoms with E-state index in [4.69, 9.17) is 4.18 Å². The molecule has 26 heavy (non-hydrogen) atoms. The van der Waals surface area contributed by atoms with Gasteiger partial charge in [0, 0.05) is 17.5 Å². The largest absolute Gasteiger partial charge is 0.377 e. The second kappa shape index (κ2) is 6.42. The molecular formula is C19H16N2O4S. The fourth-order valence-electron chi connectivity index (χ4n) is 2.68. The molecule has 7 heteroatoms. The summed E-state index contributed by atoms with van der Waals surface area (Å²) in [5, 5.41) is 3.22. The number of amides is 1. The van der Waals surface area contributed by atoms with E-state index in [0.29, 0.717) is 16.6 Å². The number of para-hydroxylation sites is 2.